The molecular weight excluding hydrogens is 472 g/mol. The molecule has 3 rings (SSSR count). The molecule has 2 saturated heterocycles. The Labute approximate surface area is 203 Å². The van der Waals surface area contributed by atoms with E-state index in [1.165, 1.54) is 12.3 Å². The summed E-state index contributed by atoms with van der Waals surface area (Å²) < 4.78 is 28.0. The smallest absolute Gasteiger partial charge is 0.335 e. The average molecular weight is 511 g/mol. The molecule has 2 fully saturated rings. The maximum absolute atomic E-state index is 12.6. The van der Waals surface area contributed by atoms with E-state index < -0.39 is 52.4 Å². The molecule has 1 aromatic heterocycles. The van der Waals surface area contributed by atoms with E-state index in [-0.39, 0.29) is 28.8 Å². The van der Waals surface area contributed by atoms with E-state index in [0.717, 1.165) is 4.57 Å². The molecule has 0 radical (unpaired) electrons. The predicted molar refractivity (Wildman–Crippen MR) is 133 cm³/mol. The lowest BCUT2D eigenvalue weighted by Crippen LogP contribution is -2.67. The van der Waals surface area contributed by atoms with E-state index in [2.05, 4.69) is 66.3 Å². The van der Waals surface area contributed by atoms with Crippen LogP contribution in [0.1, 0.15) is 61.6 Å². The predicted octanol–water partition coefficient (Wildman–Crippen LogP) is 2.75. The van der Waals surface area contributed by atoms with Crippen LogP contribution in [-0.2, 0) is 17.7 Å². The molecule has 2 aliphatic rings. The SMILES string of the molecule is C#C[C@]1(O)C(n2ccc(=O)[nH]c2=O)O[C@@H]2CO[Si](C(C)C)(C(C)C)O[Si](C(C)C)(C(C)C)O[C@H]21. The van der Waals surface area contributed by atoms with Crippen molar-refractivity contribution in [3.63, 3.8) is 0 Å². The van der Waals surface area contributed by atoms with E-state index in [1.54, 1.807) is 0 Å². The normalized spacial score (nSPS) is 30.9. The molecule has 190 valence electrons. The molecule has 4 atom stereocenters. The maximum atomic E-state index is 12.6. The second kappa shape index (κ2) is 9.50. The van der Waals surface area contributed by atoms with Crippen molar-refractivity contribution in [3.05, 3.63) is 33.1 Å². The first kappa shape index (κ1) is 27.1. The van der Waals surface area contributed by atoms with Crippen molar-refractivity contribution in [2.75, 3.05) is 6.61 Å². The number of nitrogens with zero attached hydrogens (tertiary/aromatic N) is 1. The summed E-state index contributed by atoms with van der Waals surface area (Å²) in [5, 5.41) is 11.7. The molecule has 2 aliphatic heterocycles. The van der Waals surface area contributed by atoms with Gasteiger partial charge >= 0.3 is 22.8 Å². The van der Waals surface area contributed by atoms with Gasteiger partial charge in [0, 0.05) is 12.3 Å². The van der Waals surface area contributed by atoms with Gasteiger partial charge in [-0.15, -0.1) is 6.42 Å². The van der Waals surface area contributed by atoms with Gasteiger partial charge in [-0.05, 0) is 22.2 Å². The van der Waals surface area contributed by atoms with Gasteiger partial charge in [0.05, 0.1) is 6.61 Å². The van der Waals surface area contributed by atoms with Gasteiger partial charge in [-0.3, -0.25) is 14.3 Å². The molecule has 2 N–H and O–H groups in total. The second-order valence-corrected chi connectivity index (χ2v) is 19.4. The Balaban J connectivity index is 2.19. The highest BCUT2D eigenvalue weighted by Gasteiger charge is 2.65. The van der Waals surface area contributed by atoms with Gasteiger partial charge in [0.2, 0.25) is 0 Å². The van der Waals surface area contributed by atoms with Gasteiger partial charge in [0.25, 0.3) is 5.56 Å². The van der Waals surface area contributed by atoms with Crippen molar-refractivity contribution < 1.29 is 22.8 Å². The molecule has 34 heavy (non-hydrogen) atoms. The van der Waals surface area contributed by atoms with Gasteiger partial charge in [-0.25, -0.2) is 4.79 Å². The Kier molecular flexibility index (Phi) is 7.56. The van der Waals surface area contributed by atoms with Crippen LogP contribution in [0.15, 0.2) is 21.9 Å². The van der Waals surface area contributed by atoms with E-state index >= 15 is 0 Å². The van der Waals surface area contributed by atoms with Crippen molar-refractivity contribution in [1.29, 1.82) is 0 Å². The summed E-state index contributed by atoms with van der Waals surface area (Å²) in [6.45, 7) is 16.8. The molecule has 9 nitrogen and oxygen atoms in total. The molecule has 3 heterocycles. The summed E-state index contributed by atoms with van der Waals surface area (Å²) in [6.07, 6.45) is 4.14. The van der Waals surface area contributed by atoms with Crippen molar-refractivity contribution in [1.82, 2.24) is 9.55 Å². The van der Waals surface area contributed by atoms with Crippen LogP contribution in [0.4, 0.5) is 0 Å². The third kappa shape index (κ3) is 4.19. The number of hydrogen-bond acceptors (Lipinski definition) is 7. The van der Waals surface area contributed by atoms with Crippen molar-refractivity contribution in [2.24, 2.45) is 0 Å². The lowest BCUT2D eigenvalue weighted by atomic mass is 9.95. The summed E-state index contributed by atoms with van der Waals surface area (Å²) in [5.74, 6) is 2.44. The summed E-state index contributed by atoms with van der Waals surface area (Å²) in [5.41, 5.74) is -2.95. The third-order valence-electron chi connectivity index (χ3n) is 7.11. The topological polar surface area (TPSA) is 112 Å². The van der Waals surface area contributed by atoms with E-state index in [9.17, 15) is 14.7 Å². The lowest BCUT2D eigenvalue weighted by Gasteiger charge is -2.51. The molecule has 1 unspecified atom stereocenters. The first-order chi connectivity index (χ1) is 15.7. The van der Waals surface area contributed by atoms with Crippen LogP contribution < -0.4 is 11.2 Å². The van der Waals surface area contributed by atoms with Gasteiger partial charge in [-0.1, -0.05) is 61.3 Å². The van der Waals surface area contributed by atoms with Crippen LogP contribution in [-0.4, -0.2) is 56.2 Å². The Hall–Kier alpha value is -1.53. The van der Waals surface area contributed by atoms with Crippen molar-refractivity contribution in [3.8, 4) is 12.3 Å². The largest absolute Gasteiger partial charge is 0.414 e. The number of terminal acetylenes is 1. The highest BCUT2D eigenvalue weighted by atomic mass is 28.5. The van der Waals surface area contributed by atoms with Crippen LogP contribution in [0.3, 0.4) is 0 Å². The number of H-pyrrole nitrogens is 1. The number of ether oxygens (including phenoxy) is 1. The fourth-order valence-electron chi connectivity index (χ4n) is 5.22. The van der Waals surface area contributed by atoms with Gasteiger partial charge in [0.1, 0.15) is 12.2 Å². The molecular formula is C23H38N2O7Si2. The van der Waals surface area contributed by atoms with Crippen molar-refractivity contribution >= 4 is 17.1 Å². The van der Waals surface area contributed by atoms with Crippen LogP contribution in [0.5, 0.6) is 0 Å². The Bertz CT molecular complexity index is 1030. The van der Waals surface area contributed by atoms with Crippen LogP contribution in [0.25, 0.3) is 0 Å². The third-order valence-corrected chi connectivity index (χ3v) is 17.3. The van der Waals surface area contributed by atoms with E-state index in [4.69, 9.17) is 24.1 Å². The number of hydrogen-bond donors (Lipinski definition) is 2. The molecule has 0 aliphatic carbocycles. The molecule has 0 spiro atoms. The molecule has 0 amide bonds. The molecule has 11 heteroatoms. The quantitative estimate of drug-likeness (QED) is 0.463. The minimum atomic E-state index is -3.07. The number of aromatic nitrogens is 2. The highest BCUT2D eigenvalue weighted by molar-refractivity contribution is 6.84. The standard InChI is InChI=1S/C23H38N2O7Si2/c1-10-23(28)20-18(30-21(23)25-12-11-19(26)24-22(25)27)13-29-33(14(2)3,15(4)5)32-34(31-20,16(6)7)17(8)9/h1,11-12,14-18,20-21,28H,13H2,2-9H3,(H,24,26,27)/t18-,20-,21?,23-/m1/s1. The molecule has 1 aromatic rings. The van der Waals surface area contributed by atoms with Crippen molar-refractivity contribution in [2.45, 2.75) is 102 Å². The molecule has 0 bridgehead atoms. The van der Waals surface area contributed by atoms with E-state index in [0.29, 0.717) is 0 Å². The molecule has 0 aromatic carbocycles. The van der Waals surface area contributed by atoms with Crippen LogP contribution in [0.2, 0.25) is 22.2 Å². The summed E-state index contributed by atoms with van der Waals surface area (Å²) in [7, 11) is -5.88. The first-order valence-electron chi connectivity index (χ1n) is 11.9. The van der Waals surface area contributed by atoms with Crippen LogP contribution >= 0.6 is 0 Å². The number of fused-ring (bicyclic) bond motifs is 1. The van der Waals surface area contributed by atoms with Gasteiger partial charge < -0.3 is 22.8 Å². The Morgan fingerprint density at radius 2 is 1.65 bits per heavy atom. The highest BCUT2D eigenvalue weighted by Crippen LogP contribution is 2.50. The lowest BCUT2D eigenvalue weighted by molar-refractivity contribution is -0.0750. The molecule has 0 saturated carbocycles. The average Bonchev–Trinajstić information content (AvgIpc) is 2.98. The fraction of sp³-hybridized carbons (Fsp3) is 0.739. The van der Waals surface area contributed by atoms with Crippen LogP contribution in [0, 0.1) is 12.3 Å². The number of aromatic amines is 1. The summed E-state index contributed by atoms with van der Waals surface area (Å²) in [6, 6.07) is 1.18. The number of rotatable bonds is 5. The number of aliphatic hydroxyl groups is 1. The zero-order chi connectivity index (χ0) is 25.6. The zero-order valence-electron chi connectivity index (χ0n) is 21.3. The van der Waals surface area contributed by atoms with E-state index in [1.807, 2.05) is 0 Å². The Morgan fingerprint density at radius 3 is 2.12 bits per heavy atom. The zero-order valence-corrected chi connectivity index (χ0v) is 23.3. The van der Waals surface area contributed by atoms with Gasteiger partial charge in [-0.2, -0.15) is 0 Å². The monoisotopic (exact) mass is 510 g/mol. The first-order valence-corrected chi connectivity index (χ1v) is 15.9. The number of nitrogens with one attached hydrogen (secondary N) is 1. The summed E-state index contributed by atoms with van der Waals surface area (Å²) >= 11 is 0. The van der Waals surface area contributed by atoms with Gasteiger partial charge in [0.15, 0.2) is 11.8 Å². The maximum Gasteiger partial charge on any atom is 0.335 e. The minimum Gasteiger partial charge on any atom is -0.414 e. The second-order valence-electron chi connectivity index (χ2n) is 10.5. The fourth-order valence-corrected chi connectivity index (χ4v) is 16.4. The summed E-state index contributed by atoms with van der Waals surface area (Å²) in [4.78, 5) is 26.4. The Morgan fingerprint density at radius 1 is 1.09 bits per heavy atom. The minimum absolute atomic E-state index is 0.0242.